The molecule has 2 N–H and O–H groups in total. The van der Waals surface area contributed by atoms with Crippen LogP contribution in [0.25, 0.3) is 0 Å². The number of rotatable bonds is 2. The minimum Gasteiger partial charge on any atom is -0.480 e. The summed E-state index contributed by atoms with van der Waals surface area (Å²) in [5.74, 6) is -0.0840. The Labute approximate surface area is 87.7 Å². The summed E-state index contributed by atoms with van der Waals surface area (Å²) in [4.78, 5) is 17.0. The number of aromatic nitrogens is 1. The first-order valence-corrected chi connectivity index (χ1v) is 4.90. The lowest BCUT2D eigenvalue weighted by molar-refractivity contribution is -0.138. The lowest BCUT2D eigenvalue weighted by Gasteiger charge is -2.34. The Morgan fingerprint density at radius 3 is 3.13 bits per heavy atom. The van der Waals surface area contributed by atoms with Crippen molar-refractivity contribution in [2.75, 3.05) is 24.5 Å². The number of pyridine rings is 1. The Kier molecular flexibility index (Phi) is 2.82. The zero-order valence-electron chi connectivity index (χ0n) is 8.26. The maximum atomic E-state index is 11.0. The Bertz CT molecular complexity index is 342. The van der Waals surface area contributed by atoms with Crippen molar-refractivity contribution in [3.63, 3.8) is 0 Å². The van der Waals surface area contributed by atoms with E-state index in [1.807, 2.05) is 23.1 Å². The third-order valence-corrected chi connectivity index (χ3v) is 2.47. The molecule has 1 atom stereocenters. The predicted octanol–water partition coefficient (Wildman–Crippen LogP) is -0.0556. The molecule has 2 rings (SSSR count). The van der Waals surface area contributed by atoms with Crippen LogP contribution in [0.3, 0.4) is 0 Å². The average molecular weight is 207 g/mol. The molecule has 0 saturated carbocycles. The van der Waals surface area contributed by atoms with Crippen molar-refractivity contribution in [1.29, 1.82) is 0 Å². The van der Waals surface area contributed by atoms with E-state index in [1.54, 1.807) is 6.20 Å². The molecule has 0 aliphatic carbocycles. The molecule has 0 amide bonds. The van der Waals surface area contributed by atoms with E-state index in [4.69, 9.17) is 5.11 Å². The number of hydrogen-bond acceptors (Lipinski definition) is 4. The van der Waals surface area contributed by atoms with Crippen LogP contribution >= 0.6 is 0 Å². The SMILES string of the molecule is O=C(O)C1CNCCN1c1ccccn1. The Balaban J connectivity index is 2.22. The van der Waals surface area contributed by atoms with Gasteiger partial charge < -0.3 is 15.3 Å². The summed E-state index contributed by atoms with van der Waals surface area (Å²) < 4.78 is 0. The molecular weight excluding hydrogens is 194 g/mol. The van der Waals surface area contributed by atoms with Crippen molar-refractivity contribution >= 4 is 11.8 Å². The van der Waals surface area contributed by atoms with Crippen LogP contribution < -0.4 is 10.2 Å². The molecule has 2 heterocycles. The summed E-state index contributed by atoms with van der Waals surface area (Å²) in [5.41, 5.74) is 0. The normalized spacial score (nSPS) is 21.3. The van der Waals surface area contributed by atoms with Gasteiger partial charge in [0.05, 0.1) is 0 Å². The van der Waals surface area contributed by atoms with E-state index in [2.05, 4.69) is 10.3 Å². The van der Waals surface area contributed by atoms with Crippen molar-refractivity contribution < 1.29 is 9.90 Å². The molecule has 15 heavy (non-hydrogen) atoms. The molecule has 1 fully saturated rings. The van der Waals surface area contributed by atoms with Gasteiger partial charge in [-0.1, -0.05) is 6.07 Å². The number of nitrogens with zero attached hydrogens (tertiary/aromatic N) is 2. The average Bonchev–Trinajstić information content (AvgIpc) is 2.30. The smallest absolute Gasteiger partial charge is 0.327 e. The van der Waals surface area contributed by atoms with Gasteiger partial charge in [0.2, 0.25) is 0 Å². The van der Waals surface area contributed by atoms with Gasteiger partial charge in [-0.25, -0.2) is 9.78 Å². The zero-order valence-corrected chi connectivity index (χ0v) is 8.26. The monoisotopic (exact) mass is 207 g/mol. The largest absolute Gasteiger partial charge is 0.480 e. The first-order chi connectivity index (χ1) is 7.29. The van der Waals surface area contributed by atoms with E-state index in [0.29, 0.717) is 13.1 Å². The van der Waals surface area contributed by atoms with Gasteiger partial charge in [0, 0.05) is 25.8 Å². The Hall–Kier alpha value is -1.62. The second-order valence-electron chi connectivity index (χ2n) is 3.44. The van der Waals surface area contributed by atoms with E-state index in [9.17, 15) is 4.79 Å². The molecule has 80 valence electrons. The predicted molar refractivity (Wildman–Crippen MR) is 55.9 cm³/mol. The zero-order chi connectivity index (χ0) is 10.7. The number of nitrogens with one attached hydrogen (secondary N) is 1. The van der Waals surface area contributed by atoms with Crippen molar-refractivity contribution in [2.24, 2.45) is 0 Å². The number of carboxylic acid groups (broad SMARTS) is 1. The summed E-state index contributed by atoms with van der Waals surface area (Å²) >= 11 is 0. The second-order valence-corrected chi connectivity index (χ2v) is 3.44. The van der Waals surface area contributed by atoms with Gasteiger partial charge in [-0.2, -0.15) is 0 Å². The number of carboxylic acids is 1. The highest BCUT2D eigenvalue weighted by atomic mass is 16.4. The lowest BCUT2D eigenvalue weighted by Crippen LogP contribution is -2.55. The molecule has 1 unspecified atom stereocenters. The van der Waals surface area contributed by atoms with Crippen molar-refractivity contribution in [1.82, 2.24) is 10.3 Å². The van der Waals surface area contributed by atoms with Gasteiger partial charge in [-0.3, -0.25) is 0 Å². The van der Waals surface area contributed by atoms with Gasteiger partial charge in [0.25, 0.3) is 0 Å². The fourth-order valence-corrected chi connectivity index (χ4v) is 1.72. The second kappa shape index (κ2) is 4.27. The number of carbonyl (C=O) groups is 1. The van der Waals surface area contributed by atoms with Crippen LogP contribution in [0.1, 0.15) is 0 Å². The minimum absolute atomic E-state index is 0.464. The van der Waals surface area contributed by atoms with Crippen LogP contribution in [-0.2, 0) is 4.79 Å². The molecule has 1 aromatic rings. The van der Waals surface area contributed by atoms with Gasteiger partial charge in [-0.05, 0) is 12.1 Å². The molecule has 0 spiro atoms. The maximum absolute atomic E-state index is 11.0. The first-order valence-electron chi connectivity index (χ1n) is 4.90. The topological polar surface area (TPSA) is 65.5 Å². The molecule has 1 aliphatic rings. The fraction of sp³-hybridized carbons (Fsp3) is 0.400. The van der Waals surface area contributed by atoms with Gasteiger partial charge >= 0.3 is 5.97 Å². The fourth-order valence-electron chi connectivity index (χ4n) is 1.72. The van der Waals surface area contributed by atoms with E-state index in [1.165, 1.54) is 0 Å². The summed E-state index contributed by atoms with van der Waals surface area (Å²) in [5, 5.41) is 12.1. The van der Waals surface area contributed by atoms with Crippen LogP contribution in [0.4, 0.5) is 5.82 Å². The standard InChI is InChI=1S/C10H13N3O2/c14-10(15)8-7-11-5-6-13(8)9-3-1-2-4-12-9/h1-4,8,11H,5-7H2,(H,14,15). The minimum atomic E-state index is -0.812. The van der Waals surface area contributed by atoms with Crippen LogP contribution in [0.2, 0.25) is 0 Å². The molecule has 1 saturated heterocycles. The molecule has 0 aromatic carbocycles. The van der Waals surface area contributed by atoms with Crippen molar-refractivity contribution in [2.45, 2.75) is 6.04 Å². The summed E-state index contributed by atoms with van der Waals surface area (Å²) in [6.45, 7) is 1.93. The van der Waals surface area contributed by atoms with Gasteiger partial charge in [0.1, 0.15) is 11.9 Å². The van der Waals surface area contributed by atoms with Gasteiger partial charge in [0.15, 0.2) is 0 Å². The van der Waals surface area contributed by atoms with E-state index in [-0.39, 0.29) is 0 Å². The number of piperazine rings is 1. The van der Waals surface area contributed by atoms with E-state index in [0.717, 1.165) is 12.4 Å². The third kappa shape index (κ3) is 2.07. The van der Waals surface area contributed by atoms with Crippen molar-refractivity contribution in [3.05, 3.63) is 24.4 Å². The molecule has 5 heteroatoms. The van der Waals surface area contributed by atoms with E-state index >= 15 is 0 Å². The van der Waals surface area contributed by atoms with Crippen LogP contribution in [0.5, 0.6) is 0 Å². The summed E-state index contributed by atoms with van der Waals surface area (Å²) in [6.07, 6.45) is 1.68. The maximum Gasteiger partial charge on any atom is 0.327 e. The summed E-state index contributed by atoms with van der Waals surface area (Å²) in [6, 6.07) is 5.00. The number of aliphatic carboxylic acids is 1. The first kappa shape index (κ1) is 9.92. The lowest BCUT2D eigenvalue weighted by atomic mass is 10.2. The number of hydrogen-bond donors (Lipinski definition) is 2. The highest BCUT2D eigenvalue weighted by Gasteiger charge is 2.28. The van der Waals surface area contributed by atoms with Crippen LogP contribution in [-0.4, -0.2) is 41.7 Å². The highest BCUT2D eigenvalue weighted by Crippen LogP contribution is 2.14. The molecule has 1 aromatic heterocycles. The molecule has 5 nitrogen and oxygen atoms in total. The van der Waals surface area contributed by atoms with Crippen LogP contribution in [0.15, 0.2) is 24.4 Å². The number of anilines is 1. The van der Waals surface area contributed by atoms with Crippen molar-refractivity contribution in [3.8, 4) is 0 Å². The highest BCUT2D eigenvalue weighted by molar-refractivity contribution is 5.78. The third-order valence-electron chi connectivity index (χ3n) is 2.47. The van der Waals surface area contributed by atoms with E-state index < -0.39 is 12.0 Å². The van der Waals surface area contributed by atoms with Crippen LogP contribution in [0, 0.1) is 0 Å². The molecule has 0 bridgehead atoms. The quantitative estimate of drug-likeness (QED) is 0.711. The summed E-state index contributed by atoms with van der Waals surface area (Å²) in [7, 11) is 0. The molecule has 1 aliphatic heterocycles. The Morgan fingerprint density at radius 2 is 2.47 bits per heavy atom. The van der Waals surface area contributed by atoms with Gasteiger partial charge in [-0.15, -0.1) is 0 Å². The Morgan fingerprint density at radius 1 is 1.60 bits per heavy atom. The molecule has 0 radical (unpaired) electrons. The molecular formula is C10H13N3O2.